The standard InChI is InChI=1S/C19H28FN3O/c1-22(13-15-5-4-6-15)19(24)21-17-9-11-23(12-10-17)14-16-7-2-3-8-18(16)20/h2-3,7-8,15,17H,4-6,9-14H2,1H3,(H,21,24). The molecule has 1 aromatic carbocycles. The van der Waals surface area contributed by atoms with Gasteiger partial charge in [0.2, 0.25) is 0 Å². The predicted molar refractivity (Wildman–Crippen MR) is 93.2 cm³/mol. The van der Waals surface area contributed by atoms with Crippen molar-refractivity contribution in [1.29, 1.82) is 0 Å². The van der Waals surface area contributed by atoms with Crippen LogP contribution >= 0.6 is 0 Å². The van der Waals surface area contributed by atoms with E-state index in [4.69, 9.17) is 0 Å². The summed E-state index contributed by atoms with van der Waals surface area (Å²) in [5, 5.41) is 3.15. The smallest absolute Gasteiger partial charge is 0.317 e. The van der Waals surface area contributed by atoms with Crippen LogP contribution in [0.1, 0.15) is 37.7 Å². The molecule has 1 N–H and O–H groups in total. The summed E-state index contributed by atoms with van der Waals surface area (Å²) in [4.78, 5) is 16.3. The lowest BCUT2D eigenvalue weighted by Gasteiger charge is -2.34. The van der Waals surface area contributed by atoms with Gasteiger partial charge in [-0.15, -0.1) is 0 Å². The van der Waals surface area contributed by atoms with Crippen LogP contribution in [0.3, 0.4) is 0 Å². The van der Waals surface area contributed by atoms with Crippen LogP contribution in [0.15, 0.2) is 24.3 Å². The zero-order valence-electron chi connectivity index (χ0n) is 14.5. The molecule has 0 spiro atoms. The molecule has 3 rings (SSSR count). The van der Waals surface area contributed by atoms with Crippen molar-refractivity contribution in [2.45, 2.75) is 44.7 Å². The van der Waals surface area contributed by atoms with Crippen molar-refractivity contribution in [2.24, 2.45) is 5.92 Å². The van der Waals surface area contributed by atoms with Crippen LogP contribution in [0.4, 0.5) is 9.18 Å². The number of halogens is 1. The second-order valence-corrected chi connectivity index (χ2v) is 7.27. The summed E-state index contributed by atoms with van der Waals surface area (Å²) in [6.07, 6.45) is 5.67. The number of nitrogens with one attached hydrogen (secondary N) is 1. The molecule has 5 heteroatoms. The molecule has 1 heterocycles. The SMILES string of the molecule is CN(CC1CCC1)C(=O)NC1CCN(Cc2ccccc2F)CC1. The van der Waals surface area contributed by atoms with Gasteiger partial charge >= 0.3 is 6.03 Å². The summed E-state index contributed by atoms with van der Waals surface area (Å²) in [7, 11) is 1.89. The predicted octanol–water partition coefficient (Wildman–Crippen LogP) is 3.23. The van der Waals surface area contributed by atoms with E-state index in [9.17, 15) is 9.18 Å². The third kappa shape index (κ3) is 4.47. The quantitative estimate of drug-likeness (QED) is 0.898. The van der Waals surface area contributed by atoms with Crippen LogP contribution in [0, 0.1) is 11.7 Å². The van der Waals surface area contributed by atoms with Crippen LogP contribution in [0.25, 0.3) is 0 Å². The Morgan fingerprint density at radius 2 is 1.96 bits per heavy atom. The Labute approximate surface area is 144 Å². The summed E-state index contributed by atoms with van der Waals surface area (Å²) < 4.78 is 13.7. The Balaban J connectivity index is 1.40. The lowest BCUT2D eigenvalue weighted by Crippen LogP contribution is -2.49. The Morgan fingerprint density at radius 1 is 1.25 bits per heavy atom. The summed E-state index contributed by atoms with van der Waals surface area (Å²) in [5.74, 6) is 0.564. The van der Waals surface area contributed by atoms with Gasteiger partial charge in [-0.25, -0.2) is 9.18 Å². The van der Waals surface area contributed by atoms with E-state index in [2.05, 4.69) is 10.2 Å². The topological polar surface area (TPSA) is 35.6 Å². The van der Waals surface area contributed by atoms with Gasteiger partial charge in [0, 0.05) is 44.8 Å². The van der Waals surface area contributed by atoms with Crippen LogP contribution in [0.5, 0.6) is 0 Å². The van der Waals surface area contributed by atoms with Gasteiger partial charge in [-0.3, -0.25) is 4.90 Å². The highest BCUT2D eigenvalue weighted by Crippen LogP contribution is 2.26. The number of hydrogen-bond acceptors (Lipinski definition) is 2. The van der Waals surface area contributed by atoms with E-state index in [1.54, 1.807) is 6.07 Å². The fraction of sp³-hybridized carbons (Fsp3) is 0.632. The first kappa shape index (κ1) is 17.2. The molecule has 132 valence electrons. The van der Waals surface area contributed by atoms with Crippen LogP contribution in [0.2, 0.25) is 0 Å². The van der Waals surface area contributed by atoms with E-state index >= 15 is 0 Å². The summed E-state index contributed by atoms with van der Waals surface area (Å²) in [6, 6.07) is 7.25. The second kappa shape index (κ2) is 7.97. The molecule has 4 nitrogen and oxygen atoms in total. The molecule has 0 bridgehead atoms. The number of carbonyl (C=O) groups excluding carboxylic acids is 1. The van der Waals surface area contributed by atoms with Crippen molar-refractivity contribution in [2.75, 3.05) is 26.7 Å². The molecule has 24 heavy (non-hydrogen) atoms. The second-order valence-electron chi connectivity index (χ2n) is 7.27. The highest BCUT2D eigenvalue weighted by Gasteiger charge is 2.25. The molecule has 1 aliphatic carbocycles. The molecule has 0 aromatic heterocycles. The van der Waals surface area contributed by atoms with Gasteiger partial charge < -0.3 is 10.2 Å². The average Bonchev–Trinajstić information content (AvgIpc) is 2.54. The number of benzene rings is 1. The van der Waals surface area contributed by atoms with E-state index in [0.717, 1.165) is 38.0 Å². The zero-order valence-corrected chi connectivity index (χ0v) is 14.5. The van der Waals surface area contributed by atoms with Gasteiger partial charge in [0.1, 0.15) is 5.82 Å². The molecule has 2 amide bonds. The van der Waals surface area contributed by atoms with Crippen molar-refractivity contribution in [3.05, 3.63) is 35.6 Å². The largest absolute Gasteiger partial charge is 0.335 e. The monoisotopic (exact) mass is 333 g/mol. The molecule has 1 aromatic rings. The Kier molecular flexibility index (Phi) is 5.72. The number of nitrogens with zero attached hydrogens (tertiary/aromatic N) is 2. The first-order chi connectivity index (χ1) is 11.6. The average molecular weight is 333 g/mol. The first-order valence-electron chi connectivity index (χ1n) is 9.09. The summed E-state index contributed by atoms with van der Waals surface area (Å²) in [6.45, 7) is 3.31. The first-order valence-corrected chi connectivity index (χ1v) is 9.09. The van der Waals surface area contributed by atoms with Gasteiger partial charge in [-0.05, 0) is 37.7 Å². The number of piperidine rings is 1. The van der Waals surface area contributed by atoms with Crippen LogP contribution in [-0.4, -0.2) is 48.6 Å². The lowest BCUT2D eigenvalue weighted by atomic mass is 9.85. The molecule has 0 radical (unpaired) electrons. The summed E-state index contributed by atoms with van der Waals surface area (Å²) in [5.41, 5.74) is 0.750. The maximum Gasteiger partial charge on any atom is 0.317 e. The number of likely N-dealkylation sites (tertiary alicyclic amines) is 1. The lowest BCUT2D eigenvalue weighted by molar-refractivity contribution is 0.161. The number of carbonyl (C=O) groups is 1. The maximum absolute atomic E-state index is 13.7. The van der Waals surface area contributed by atoms with E-state index < -0.39 is 0 Å². The fourth-order valence-electron chi connectivity index (χ4n) is 3.53. The molecular formula is C19H28FN3O. The number of hydrogen-bond donors (Lipinski definition) is 1. The van der Waals surface area contributed by atoms with Gasteiger partial charge in [-0.2, -0.15) is 0 Å². The fourth-order valence-corrected chi connectivity index (χ4v) is 3.53. The minimum absolute atomic E-state index is 0.0504. The normalized spacial score (nSPS) is 19.8. The minimum atomic E-state index is -0.134. The van der Waals surface area contributed by atoms with Gasteiger partial charge in [-0.1, -0.05) is 24.6 Å². The van der Waals surface area contributed by atoms with Crippen molar-refractivity contribution >= 4 is 6.03 Å². The summed E-state index contributed by atoms with van der Waals surface area (Å²) >= 11 is 0. The van der Waals surface area contributed by atoms with E-state index in [1.165, 1.54) is 25.3 Å². The van der Waals surface area contributed by atoms with Gasteiger partial charge in [0.25, 0.3) is 0 Å². The molecule has 0 unspecified atom stereocenters. The third-order valence-corrected chi connectivity index (χ3v) is 5.37. The van der Waals surface area contributed by atoms with E-state index in [0.29, 0.717) is 12.5 Å². The van der Waals surface area contributed by atoms with Gasteiger partial charge in [0.05, 0.1) is 0 Å². The van der Waals surface area contributed by atoms with Gasteiger partial charge in [0.15, 0.2) is 0 Å². The Morgan fingerprint density at radius 3 is 2.58 bits per heavy atom. The molecule has 1 saturated heterocycles. The van der Waals surface area contributed by atoms with E-state index in [-0.39, 0.29) is 17.9 Å². The van der Waals surface area contributed by atoms with E-state index in [1.807, 2.05) is 24.1 Å². The molecule has 2 fully saturated rings. The van der Waals surface area contributed by atoms with Crippen LogP contribution in [-0.2, 0) is 6.54 Å². The molecule has 1 saturated carbocycles. The zero-order chi connectivity index (χ0) is 16.9. The van der Waals surface area contributed by atoms with Crippen molar-refractivity contribution in [3.63, 3.8) is 0 Å². The number of amides is 2. The van der Waals surface area contributed by atoms with Crippen molar-refractivity contribution < 1.29 is 9.18 Å². The maximum atomic E-state index is 13.7. The molecule has 0 atom stereocenters. The molecular weight excluding hydrogens is 305 g/mol. The minimum Gasteiger partial charge on any atom is -0.335 e. The van der Waals surface area contributed by atoms with Crippen molar-refractivity contribution in [1.82, 2.24) is 15.1 Å². The van der Waals surface area contributed by atoms with Crippen LogP contribution < -0.4 is 5.32 Å². The number of urea groups is 1. The van der Waals surface area contributed by atoms with Crippen molar-refractivity contribution in [3.8, 4) is 0 Å². The molecule has 2 aliphatic rings. The number of rotatable bonds is 5. The Bertz CT molecular complexity index is 553. The Hall–Kier alpha value is -1.62. The molecule has 1 aliphatic heterocycles. The highest BCUT2D eigenvalue weighted by atomic mass is 19.1. The highest BCUT2D eigenvalue weighted by molar-refractivity contribution is 5.74. The third-order valence-electron chi connectivity index (χ3n) is 5.37.